The molecule has 0 fully saturated rings. The molecule has 1 rings (SSSR count). The van der Waals surface area contributed by atoms with Gasteiger partial charge in [-0.3, -0.25) is 24.0 Å². The molecule has 0 unspecified atom stereocenters. The van der Waals surface area contributed by atoms with Crippen LogP contribution in [0.1, 0.15) is 45.6 Å². The second kappa shape index (κ2) is 18.0. The molecule has 0 saturated carbocycles. The first-order valence-corrected chi connectivity index (χ1v) is 14.0. The summed E-state index contributed by atoms with van der Waals surface area (Å²) < 4.78 is 5.62. The van der Waals surface area contributed by atoms with Crippen molar-refractivity contribution in [2.24, 2.45) is 5.73 Å². The summed E-state index contributed by atoms with van der Waals surface area (Å²) in [6.07, 6.45) is -0.160. The van der Waals surface area contributed by atoms with Crippen molar-refractivity contribution >= 4 is 48.2 Å². The zero-order chi connectivity index (χ0) is 31.9. The Morgan fingerprint density at radius 2 is 1.55 bits per heavy atom. The Bertz CT molecular complexity index is 1090. The van der Waals surface area contributed by atoms with E-state index in [1.165, 1.54) is 0 Å². The molecule has 8 N–H and O–H groups in total. The minimum atomic E-state index is -1.63. The highest BCUT2D eigenvalue weighted by Gasteiger charge is 2.30. The summed E-state index contributed by atoms with van der Waals surface area (Å²) in [5.41, 5.74) is 6.13. The minimum Gasteiger partial charge on any atom is -0.481 e. The van der Waals surface area contributed by atoms with Gasteiger partial charge in [0.05, 0.1) is 12.0 Å². The first-order valence-electron chi connectivity index (χ1n) is 13.4. The normalized spacial score (nSPS) is 14.0. The number of aliphatic carboxylic acids is 2. The molecule has 0 bridgehead atoms. The molecule has 42 heavy (non-hydrogen) atoms. The van der Waals surface area contributed by atoms with Gasteiger partial charge in [0.1, 0.15) is 24.2 Å². The molecule has 0 heterocycles. The van der Waals surface area contributed by atoms with E-state index in [1.54, 1.807) is 24.3 Å². The molecule has 1 aromatic rings. The predicted octanol–water partition coefficient (Wildman–Crippen LogP) is -0.789. The maximum atomic E-state index is 13.1. The van der Waals surface area contributed by atoms with Gasteiger partial charge in [-0.15, -0.1) is 0 Å². The molecule has 234 valence electrons. The average molecular weight is 612 g/mol. The summed E-state index contributed by atoms with van der Waals surface area (Å²) in [6, 6.07) is 3.52. The fraction of sp³-hybridized carbons (Fsp3) is 0.556. The van der Waals surface area contributed by atoms with Crippen LogP contribution in [0.2, 0.25) is 0 Å². The van der Waals surface area contributed by atoms with Crippen molar-refractivity contribution in [1.82, 2.24) is 21.3 Å². The second-order valence-electron chi connectivity index (χ2n) is 10.1. The van der Waals surface area contributed by atoms with Crippen LogP contribution in [0, 0.1) is 0 Å². The summed E-state index contributed by atoms with van der Waals surface area (Å²) in [6.45, 7) is 5.66. The van der Waals surface area contributed by atoms with Crippen LogP contribution in [0.4, 0.5) is 0 Å². The maximum absolute atomic E-state index is 13.1. The highest BCUT2D eigenvalue weighted by molar-refractivity contribution is 7.80. The number of hydrogen-bond acceptors (Lipinski definition) is 9. The van der Waals surface area contributed by atoms with E-state index >= 15 is 0 Å². The molecule has 4 atom stereocenters. The maximum Gasteiger partial charge on any atom is 0.327 e. The number of nitrogens with one attached hydrogen (secondary N) is 4. The number of carboxylic acid groups (broad SMARTS) is 2. The SMILES string of the molecule is CCOC(C)(C)CCC(=O)N[C@@H](Cc1ccccc1)C(=O)NC[C@H](N)C(=O)N[C@@H](CC(=O)O)C(=O)N[C@@H](CS)C(=O)O. The minimum absolute atomic E-state index is 0.108. The number of carbonyl (C=O) groups excluding carboxylic acids is 4. The standard InChI is InChI=1S/C27H41N5O9S/c1-4-41-27(2,3)11-10-21(33)30-18(12-16-8-6-5-7-9-16)24(37)29-14-17(28)23(36)31-19(13-22(34)35)25(38)32-20(15-42)26(39)40/h5-9,17-20,42H,4,10-15,28H2,1-3H3,(H,29,37)(H,30,33)(H,31,36)(H,32,38)(H,34,35)(H,39,40)/t17-,18-,19-,20-/m0/s1. The molecule has 4 amide bonds. The Balaban J connectivity index is 2.87. The lowest BCUT2D eigenvalue weighted by Crippen LogP contribution is -2.58. The van der Waals surface area contributed by atoms with Gasteiger partial charge in [-0.05, 0) is 32.8 Å². The van der Waals surface area contributed by atoms with Crippen molar-refractivity contribution in [3.63, 3.8) is 0 Å². The van der Waals surface area contributed by atoms with Crippen LogP contribution in [0.3, 0.4) is 0 Å². The highest BCUT2D eigenvalue weighted by Crippen LogP contribution is 2.16. The van der Waals surface area contributed by atoms with Gasteiger partial charge in [0.2, 0.25) is 23.6 Å². The van der Waals surface area contributed by atoms with Crippen LogP contribution in [0.25, 0.3) is 0 Å². The molecule has 0 radical (unpaired) electrons. The molecule has 0 aromatic heterocycles. The van der Waals surface area contributed by atoms with Crippen molar-refractivity contribution < 1.29 is 43.7 Å². The third-order valence-electron chi connectivity index (χ3n) is 6.07. The number of carbonyl (C=O) groups is 6. The molecule has 0 spiro atoms. The van der Waals surface area contributed by atoms with Gasteiger partial charge in [-0.1, -0.05) is 30.3 Å². The first-order chi connectivity index (χ1) is 19.7. The number of rotatable bonds is 19. The van der Waals surface area contributed by atoms with Gasteiger partial charge in [0, 0.05) is 31.7 Å². The van der Waals surface area contributed by atoms with Gasteiger partial charge in [-0.25, -0.2) is 4.79 Å². The molecule has 15 heteroatoms. The lowest BCUT2D eigenvalue weighted by Gasteiger charge is -2.25. The van der Waals surface area contributed by atoms with Crippen molar-refractivity contribution in [2.45, 2.75) is 76.2 Å². The molecule has 0 aliphatic heterocycles. The third-order valence-corrected chi connectivity index (χ3v) is 6.43. The topological polar surface area (TPSA) is 226 Å². The number of amides is 4. The fourth-order valence-electron chi connectivity index (χ4n) is 3.75. The zero-order valence-electron chi connectivity index (χ0n) is 23.9. The van der Waals surface area contributed by atoms with Crippen LogP contribution >= 0.6 is 12.6 Å². The molecule has 1 aromatic carbocycles. The van der Waals surface area contributed by atoms with Gasteiger partial charge in [0.25, 0.3) is 0 Å². The number of hydrogen-bond donors (Lipinski definition) is 8. The molecule has 14 nitrogen and oxygen atoms in total. The van der Waals surface area contributed by atoms with E-state index < -0.39 is 72.4 Å². The summed E-state index contributed by atoms with van der Waals surface area (Å²) in [7, 11) is 0. The number of benzene rings is 1. The number of ether oxygens (including phenoxy) is 1. The van der Waals surface area contributed by atoms with E-state index in [-0.39, 0.29) is 24.5 Å². The van der Waals surface area contributed by atoms with E-state index in [4.69, 9.17) is 20.7 Å². The van der Waals surface area contributed by atoms with Gasteiger partial charge < -0.3 is 42.0 Å². The van der Waals surface area contributed by atoms with Crippen molar-refractivity contribution in [1.29, 1.82) is 0 Å². The van der Waals surface area contributed by atoms with Gasteiger partial charge in [-0.2, -0.15) is 12.6 Å². The Labute approximate surface area is 249 Å². The van der Waals surface area contributed by atoms with Gasteiger partial charge >= 0.3 is 11.9 Å². The monoisotopic (exact) mass is 611 g/mol. The molecule has 0 saturated heterocycles. The van der Waals surface area contributed by atoms with Crippen LogP contribution in [0.15, 0.2) is 30.3 Å². The molecular formula is C27H41N5O9S. The quantitative estimate of drug-likeness (QED) is 0.0910. The van der Waals surface area contributed by atoms with Crippen LogP contribution < -0.4 is 27.0 Å². The largest absolute Gasteiger partial charge is 0.481 e. The summed E-state index contributed by atoms with van der Waals surface area (Å²) >= 11 is 3.83. The average Bonchev–Trinajstić information content (AvgIpc) is 2.92. The van der Waals surface area contributed by atoms with Crippen molar-refractivity contribution in [3.8, 4) is 0 Å². The number of carboxylic acids is 2. The summed E-state index contributed by atoms with van der Waals surface area (Å²) in [4.78, 5) is 73.2. The predicted molar refractivity (Wildman–Crippen MR) is 156 cm³/mol. The van der Waals surface area contributed by atoms with E-state index in [9.17, 15) is 28.8 Å². The third kappa shape index (κ3) is 13.8. The van der Waals surface area contributed by atoms with Gasteiger partial charge in [0.15, 0.2) is 0 Å². The Hall–Kier alpha value is -3.69. The van der Waals surface area contributed by atoms with Crippen molar-refractivity contribution in [2.75, 3.05) is 18.9 Å². The second-order valence-corrected chi connectivity index (χ2v) is 10.5. The van der Waals surface area contributed by atoms with Crippen LogP contribution in [0.5, 0.6) is 0 Å². The molecule has 0 aliphatic rings. The zero-order valence-corrected chi connectivity index (χ0v) is 24.8. The number of thiol groups is 1. The van der Waals surface area contributed by atoms with E-state index in [2.05, 4.69) is 33.9 Å². The van der Waals surface area contributed by atoms with E-state index in [1.807, 2.05) is 26.8 Å². The lowest BCUT2D eigenvalue weighted by atomic mass is 10.0. The van der Waals surface area contributed by atoms with E-state index in [0.29, 0.717) is 13.0 Å². The van der Waals surface area contributed by atoms with E-state index in [0.717, 1.165) is 5.56 Å². The Morgan fingerprint density at radius 1 is 0.929 bits per heavy atom. The Kier molecular flexibility index (Phi) is 15.6. The smallest absolute Gasteiger partial charge is 0.327 e. The summed E-state index contributed by atoms with van der Waals surface area (Å²) in [5.74, 6) is -6.10. The highest BCUT2D eigenvalue weighted by atomic mass is 32.1. The van der Waals surface area contributed by atoms with Crippen LogP contribution in [-0.2, 0) is 39.9 Å². The summed E-state index contributed by atoms with van der Waals surface area (Å²) in [5, 5.41) is 27.7. The molecule has 0 aliphatic carbocycles. The first kappa shape index (κ1) is 36.3. The lowest BCUT2D eigenvalue weighted by molar-refractivity contribution is -0.143. The van der Waals surface area contributed by atoms with Crippen LogP contribution in [-0.4, -0.2) is 94.5 Å². The fourth-order valence-corrected chi connectivity index (χ4v) is 4.00. The van der Waals surface area contributed by atoms with Crippen molar-refractivity contribution in [3.05, 3.63) is 35.9 Å². The Morgan fingerprint density at radius 3 is 2.10 bits per heavy atom. The number of nitrogens with two attached hydrogens (primary N) is 1. The molecular weight excluding hydrogens is 570 g/mol.